The third kappa shape index (κ3) is 4.59. The van der Waals surface area contributed by atoms with Gasteiger partial charge in [0.05, 0.1) is 0 Å². The molecule has 0 saturated carbocycles. The van der Waals surface area contributed by atoms with Crippen molar-refractivity contribution < 1.29 is 9.59 Å². The molecular formula is C19H21ClN2O2. The summed E-state index contributed by atoms with van der Waals surface area (Å²) in [5.74, 6) is -0.419. The van der Waals surface area contributed by atoms with E-state index in [1.54, 1.807) is 18.2 Å². The van der Waals surface area contributed by atoms with Gasteiger partial charge >= 0.3 is 0 Å². The average molecular weight is 345 g/mol. The van der Waals surface area contributed by atoms with Crippen molar-refractivity contribution in [3.63, 3.8) is 0 Å². The van der Waals surface area contributed by atoms with Crippen LogP contribution in [0.4, 0.5) is 5.69 Å². The molecule has 1 N–H and O–H groups in total. The molecule has 0 spiro atoms. The summed E-state index contributed by atoms with van der Waals surface area (Å²) in [4.78, 5) is 25.7. The van der Waals surface area contributed by atoms with Gasteiger partial charge in [-0.3, -0.25) is 9.59 Å². The van der Waals surface area contributed by atoms with Gasteiger partial charge in [0.2, 0.25) is 11.8 Å². The van der Waals surface area contributed by atoms with Crippen LogP contribution in [0.25, 0.3) is 0 Å². The summed E-state index contributed by atoms with van der Waals surface area (Å²) in [6.45, 7) is 5.67. The van der Waals surface area contributed by atoms with Crippen molar-refractivity contribution in [2.24, 2.45) is 0 Å². The maximum atomic E-state index is 12.2. The van der Waals surface area contributed by atoms with E-state index in [1.165, 1.54) is 11.8 Å². The van der Waals surface area contributed by atoms with Crippen LogP contribution in [0.2, 0.25) is 5.02 Å². The molecule has 2 amide bonds. The van der Waals surface area contributed by atoms with Crippen molar-refractivity contribution in [2.75, 3.05) is 11.4 Å². The predicted molar refractivity (Wildman–Crippen MR) is 97.2 cm³/mol. The zero-order chi connectivity index (χ0) is 17.7. The number of anilines is 1. The molecular weight excluding hydrogens is 324 g/mol. The molecule has 2 aromatic rings. The summed E-state index contributed by atoms with van der Waals surface area (Å²) in [5, 5.41) is 3.42. The number of hydrogen-bond acceptors (Lipinski definition) is 2. The Morgan fingerprint density at radius 1 is 1.12 bits per heavy atom. The van der Waals surface area contributed by atoms with Crippen molar-refractivity contribution in [3.8, 4) is 0 Å². The number of amides is 2. The van der Waals surface area contributed by atoms with Crippen LogP contribution in [-0.4, -0.2) is 18.4 Å². The van der Waals surface area contributed by atoms with Crippen LogP contribution in [0.15, 0.2) is 42.5 Å². The highest BCUT2D eigenvalue weighted by molar-refractivity contribution is 6.31. The molecule has 0 radical (unpaired) electrons. The molecule has 0 aliphatic heterocycles. The number of carbonyl (C=O) groups excluding carboxylic acids is 2. The van der Waals surface area contributed by atoms with Gasteiger partial charge in [-0.15, -0.1) is 0 Å². The molecule has 4 nitrogen and oxygen atoms in total. The van der Waals surface area contributed by atoms with Crippen LogP contribution in [0, 0.1) is 13.8 Å². The van der Waals surface area contributed by atoms with Gasteiger partial charge in [0.1, 0.15) is 6.54 Å². The number of rotatable bonds is 5. The second-order valence-electron chi connectivity index (χ2n) is 5.75. The zero-order valence-electron chi connectivity index (χ0n) is 14.1. The van der Waals surface area contributed by atoms with E-state index in [-0.39, 0.29) is 18.4 Å². The Bertz CT molecular complexity index is 759. The Hall–Kier alpha value is -2.33. The Balaban J connectivity index is 2.06. The Morgan fingerprint density at radius 3 is 2.50 bits per heavy atom. The van der Waals surface area contributed by atoms with Crippen LogP contribution >= 0.6 is 11.6 Å². The summed E-state index contributed by atoms with van der Waals surface area (Å²) < 4.78 is 0. The van der Waals surface area contributed by atoms with Gasteiger partial charge in [-0.2, -0.15) is 0 Å². The quantitative estimate of drug-likeness (QED) is 0.900. The van der Waals surface area contributed by atoms with E-state index >= 15 is 0 Å². The van der Waals surface area contributed by atoms with E-state index in [0.29, 0.717) is 17.3 Å². The smallest absolute Gasteiger partial charge is 0.240 e. The molecule has 2 rings (SSSR count). The lowest BCUT2D eigenvalue weighted by molar-refractivity contribution is -0.123. The fourth-order valence-corrected chi connectivity index (χ4v) is 2.65. The van der Waals surface area contributed by atoms with E-state index in [9.17, 15) is 9.59 Å². The van der Waals surface area contributed by atoms with E-state index < -0.39 is 0 Å². The normalized spacial score (nSPS) is 10.3. The first kappa shape index (κ1) is 18.0. The first-order valence-corrected chi connectivity index (χ1v) is 8.11. The van der Waals surface area contributed by atoms with Gasteiger partial charge in [-0.25, -0.2) is 0 Å². The average Bonchev–Trinajstić information content (AvgIpc) is 2.53. The molecule has 2 aromatic carbocycles. The Morgan fingerprint density at radius 2 is 1.83 bits per heavy atom. The topological polar surface area (TPSA) is 49.4 Å². The predicted octanol–water partition coefficient (Wildman–Crippen LogP) is 3.63. The van der Waals surface area contributed by atoms with Crippen molar-refractivity contribution in [3.05, 3.63) is 64.2 Å². The van der Waals surface area contributed by atoms with E-state index in [2.05, 4.69) is 5.32 Å². The van der Waals surface area contributed by atoms with Gasteiger partial charge in [-0.05, 0) is 37.1 Å². The number of aryl methyl sites for hydroxylation is 1. The first-order chi connectivity index (χ1) is 11.4. The first-order valence-electron chi connectivity index (χ1n) is 7.74. The maximum Gasteiger partial charge on any atom is 0.240 e. The van der Waals surface area contributed by atoms with Crippen molar-refractivity contribution >= 4 is 29.1 Å². The molecule has 0 heterocycles. The number of nitrogens with zero attached hydrogens (tertiary/aromatic N) is 1. The largest absolute Gasteiger partial charge is 0.350 e. The third-order valence-corrected chi connectivity index (χ3v) is 4.19. The van der Waals surface area contributed by atoms with E-state index in [1.807, 2.05) is 38.1 Å². The molecule has 0 saturated heterocycles. The van der Waals surface area contributed by atoms with Crippen LogP contribution in [0.1, 0.15) is 23.6 Å². The molecule has 126 valence electrons. The molecule has 0 unspecified atom stereocenters. The van der Waals surface area contributed by atoms with Crippen LogP contribution in [0.5, 0.6) is 0 Å². The fraction of sp³-hybridized carbons (Fsp3) is 0.263. The number of halogens is 1. The minimum atomic E-state index is -0.217. The monoisotopic (exact) mass is 344 g/mol. The van der Waals surface area contributed by atoms with Gasteiger partial charge in [0.25, 0.3) is 0 Å². The number of nitrogens with one attached hydrogen (secondary N) is 1. The van der Waals surface area contributed by atoms with Gasteiger partial charge in [0.15, 0.2) is 0 Å². The summed E-state index contributed by atoms with van der Waals surface area (Å²) >= 11 is 6.12. The molecule has 5 heteroatoms. The minimum absolute atomic E-state index is 0.0394. The van der Waals surface area contributed by atoms with Crippen LogP contribution in [-0.2, 0) is 16.1 Å². The second-order valence-corrected chi connectivity index (χ2v) is 6.16. The molecule has 0 fully saturated rings. The lowest BCUT2D eigenvalue weighted by Gasteiger charge is -2.23. The molecule has 0 bridgehead atoms. The Kier molecular flexibility index (Phi) is 5.99. The molecule has 0 aliphatic carbocycles. The fourth-order valence-electron chi connectivity index (χ4n) is 2.48. The summed E-state index contributed by atoms with van der Waals surface area (Å²) in [6, 6.07) is 13.2. The van der Waals surface area contributed by atoms with Gasteiger partial charge < -0.3 is 10.2 Å². The summed E-state index contributed by atoms with van der Waals surface area (Å²) in [7, 11) is 0. The highest BCUT2D eigenvalue weighted by atomic mass is 35.5. The van der Waals surface area contributed by atoms with Crippen molar-refractivity contribution in [1.29, 1.82) is 0 Å². The molecule has 0 atom stereocenters. The lowest BCUT2D eigenvalue weighted by atomic mass is 10.1. The molecule has 0 aliphatic rings. The number of carbonyl (C=O) groups is 2. The minimum Gasteiger partial charge on any atom is -0.350 e. The van der Waals surface area contributed by atoms with Gasteiger partial charge in [0, 0.05) is 24.2 Å². The zero-order valence-corrected chi connectivity index (χ0v) is 14.9. The van der Waals surface area contributed by atoms with Crippen LogP contribution < -0.4 is 10.2 Å². The number of hydrogen-bond donors (Lipinski definition) is 1. The van der Waals surface area contributed by atoms with E-state index in [0.717, 1.165) is 16.7 Å². The van der Waals surface area contributed by atoms with Crippen molar-refractivity contribution in [1.82, 2.24) is 5.32 Å². The van der Waals surface area contributed by atoms with E-state index in [4.69, 9.17) is 11.6 Å². The Labute approximate surface area is 147 Å². The molecule has 0 aromatic heterocycles. The molecule has 24 heavy (non-hydrogen) atoms. The number of benzene rings is 2. The summed E-state index contributed by atoms with van der Waals surface area (Å²) in [5.41, 5.74) is 3.60. The maximum absolute atomic E-state index is 12.2. The highest BCUT2D eigenvalue weighted by Crippen LogP contribution is 2.26. The van der Waals surface area contributed by atoms with Crippen LogP contribution in [0.3, 0.4) is 0 Å². The van der Waals surface area contributed by atoms with Gasteiger partial charge in [-0.1, -0.05) is 47.5 Å². The van der Waals surface area contributed by atoms with Crippen molar-refractivity contribution in [2.45, 2.75) is 27.3 Å². The highest BCUT2D eigenvalue weighted by Gasteiger charge is 2.18. The standard InChI is InChI=1S/C19H21ClN2O2/c1-13-6-4-7-16(10-13)11-21-19(24)12-22(15(3)23)18-9-5-8-17(20)14(18)2/h4-10H,11-12H2,1-3H3,(H,21,24). The lowest BCUT2D eigenvalue weighted by Crippen LogP contribution is -2.40. The third-order valence-electron chi connectivity index (χ3n) is 3.78. The second kappa shape index (κ2) is 7.97. The summed E-state index contributed by atoms with van der Waals surface area (Å²) in [6.07, 6.45) is 0. The SMILES string of the molecule is CC(=O)N(CC(=O)NCc1cccc(C)c1)c1cccc(Cl)c1C.